The maximum Gasteiger partial charge on any atom is 0.295 e. The molecule has 0 spiro atoms. The number of fused-ring (bicyclic) bond motifs is 1. The van der Waals surface area contributed by atoms with Crippen molar-refractivity contribution in [3.8, 4) is 11.3 Å². The third kappa shape index (κ3) is 3.38. The number of aromatic nitrogens is 3. The highest BCUT2D eigenvalue weighted by Crippen LogP contribution is 2.27. The van der Waals surface area contributed by atoms with Crippen LogP contribution >= 0.6 is 11.6 Å². The predicted molar refractivity (Wildman–Crippen MR) is 114 cm³/mol. The second-order valence-electron chi connectivity index (χ2n) is 7.26. The van der Waals surface area contributed by atoms with Gasteiger partial charge in [-0.25, -0.2) is 4.98 Å². The van der Waals surface area contributed by atoms with Gasteiger partial charge in [-0.2, -0.15) is 0 Å². The average Bonchev–Trinajstić information content (AvgIpc) is 3.37. The molecule has 1 fully saturated rings. The highest BCUT2D eigenvalue weighted by atomic mass is 35.5. The molecular weight excluding hydrogens is 388 g/mol. The maximum absolute atomic E-state index is 13.2. The summed E-state index contributed by atoms with van der Waals surface area (Å²) < 4.78 is 3.21. The Bertz CT molecular complexity index is 1150. The monoisotopic (exact) mass is 410 g/mol. The van der Waals surface area contributed by atoms with Crippen molar-refractivity contribution >= 4 is 23.2 Å². The summed E-state index contributed by atoms with van der Waals surface area (Å²) in [6.45, 7) is 6.89. The molecule has 0 bridgehead atoms. The highest BCUT2D eigenvalue weighted by Gasteiger charge is 2.30. The van der Waals surface area contributed by atoms with Crippen LogP contribution in [0.15, 0.2) is 54.1 Å². The Balaban J connectivity index is 1.86. The third-order valence-corrected chi connectivity index (χ3v) is 5.84. The first-order chi connectivity index (χ1) is 14.0. The molecule has 0 N–H and O–H groups in total. The molecule has 7 heteroatoms. The predicted octanol–water partition coefficient (Wildman–Crippen LogP) is 4.02. The Morgan fingerprint density at radius 1 is 1.34 bits per heavy atom. The summed E-state index contributed by atoms with van der Waals surface area (Å²) in [6, 6.07) is 7.60. The first-order valence-corrected chi connectivity index (χ1v) is 10.2. The van der Waals surface area contributed by atoms with Crippen LogP contribution in [-0.4, -0.2) is 37.3 Å². The molecule has 1 saturated heterocycles. The zero-order valence-electron chi connectivity index (χ0n) is 16.3. The van der Waals surface area contributed by atoms with Crippen molar-refractivity contribution in [2.75, 3.05) is 6.54 Å². The number of hydrogen-bond acceptors (Lipinski definition) is 3. The summed E-state index contributed by atoms with van der Waals surface area (Å²) >= 11 is 6.38. The first-order valence-electron chi connectivity index (χ1n) is 9.84. The summed E-state index contributed by atoms with van der Waals surface area (Å²) in [7, 11) is 0. The van der Waals surface area contributed by atoms with E-state index in [1.165, 1.54) is 0 Å². The van der Waals surface area contributed by atoms with Crippen molar-refractivity contribution in [1.29, 1.82) is 0 Å². The Labute approximate surface area is 174 Å². The molecule has 3 heterocycles. The van der Waals surface area contributed by atoms with Crippen LogP contribution in [0.25, 0.3) is 16.9 Å². The summed E-state index contributed by atoms with van der Waals surface area (Å²) in [4.78, 5) is 32.5. The number of benzene rings is 1. The smallest absolute Gasteiger partial charge is 0.295 e. The number of rotatable bonds is 5. The Hall–Kier alpha value is -2.86. The van der Waals surface area contributed by atoms with Crippen LogP contribution in [0.4, 0.5) is 0 Å². The maximum atomic E-state index is 13.2. The fourth-order valence-corrected chi connectivity index (χ4v) is 4.29. The van der Waals surface area contributed by atoms with Crippen molar-refractivity contribution in [2.45, 2.75) is 38.8 Å². The van der Waals surface area contributed by atoms with E-state index in [-0.39, 0.29) is 23.2 Å². The quantitative estimate of drug-likeness (QED) is 0.597. The highest BCUT2D eigenvalue weighted by molar-refractivity contribution is 6.33. The van der Waals surface area contributed by atoms with Gasteiger partial charge in [0.1, 0.15) is 5.69 Å². The lowest BCUT2D eigenvalue weighted by Gasteiger charge is -2.22. The number of amides is 1. The fourth-order valence-electron chi connectivity index (χ4n) is 4.05. The molecular formula is C22H23ClN4O2. The van der Waals surface area contributed by atoms with Crippen molar-refractivity contribution < 1.29 is 4.79 Å². The van der Waals surface area contributed by atoms with E-state index in [2.05, 4.69) is 18.5 Å². The van der Waals surface area contributed by atoms with Gasteiger partial charge in [0.2, 0.25) is 5.65 Å². The van der Waals surface area contributed by atoms with Crippen molar-refractivity contribution in [2.24, 2.45) is 0 Å². The van der Waals surface area contributed by atoms with Crippen LogP contribution in [0.2, 0.25) is 5.02 Å². The molecule has 1 atom stereocenters. The van der Waals surface area contributed by atoms with Gasteiger partial charge in [0, 0.05) is 42.1 Å². The Morgan fingerprint density at radius 2 is 2.14 bits per heavy atom. The number of hydrogen-bond donors (Lipinski definition) is 0. The lowest BCUT2D eigenvalue weighted by Crippen LogP contribution is -2.35. The van der Waals surface area contributed by atoms with E-state index in [1.807, 2.05) is 23.1 Å². The lowest BCUT2D eigenvalue weighted by atomic mass is 10.1. The van der Waals surface area contributed by atoms with E-state index in [1.54, 1.807) is 33.5 Å². The standard InChI is InChI=1S/C22H23ClN4O2/c1-3-11-27-19(16-9-5-6-10-17(16)23)14-25-13-18(24-20(25)22(27)29)21(28)26-12-7-8-15(26)4-2/h3,5-6,9-10,13-15H,1,4,7-8,11-12H2,2H3/t15-/m1/s1. The molecule has 1 aliphatic rings. The van der Waals surface area contributed by atoms with Crippen molar-refractivity contribution in [3.05, 3.63) is 70.4 Å². The van der Waals surface area contributed by atoms with Crippen LogP contribution in [0.3, 0.4) is 0 Å². The van der Waals surface area contributed by atoms with Gasteiger partial charge in [-0.05, 0) is 25.3 Å². The molecule has 0 unspecified atom stereocenters. The van der Waals surface area contributed by atoms with E-state index < -0.39 is 0 Å². The molecule has 1 aliphatic heterocycles. The number of halogens is 1. The molecule has 6 nitrogen and oxygen atoms in total. The van der Waals surface area contributed by atoms with Crippen molar-refractivity contribution in [3.63, 3.8) is 0 Å². The van der Waals surface area contributed by atoms with E-state index in [0.29, 0.717) is 23.0 Å². The number of imidazole rings is 1. The zero-order chi connectivity index (χ0) is 20.5. The topological polar surface area (TPSA) is 59.6 Å². The minimum atomic E-state index is -0.283. The normalized spacial score (nSPS) is 16.5. The zero-order valence-corrected chi connectivity index (χ0v) is 17.1. The second-order valence-corrected chi connectivity index (χ2v) is 7.67. The molecule has 1 amide bonds. The van der Waals surface area contributed by atoms with Crippen LogP contribution in [-0.2, 0) is 6.54 Å². The number of carbonyl (C=O) groups is 1. The van der Waals surface area contributed by atoms with E-state index >= 15 is 0 Å². The average molecular weight is 411 g/mol. The van der Waals surface area contributed by atoms with E-state index in [0.717, 1.165) is 31.4 Å². The Kier molecular flexibility index (Phi) is 5.28. The molecule has 0 aliphatic carbocycles. The third-order valence-electron chi connectivity index (χ3n) is 5.51. The summed E-state index contributed by atoms with van der Waals surface area (Å²) in [6.07, 6.45) is 8.03. The van der Waals surface area contributed by atoms with Gasteiger partial charge >= 0.3 is 0 Å². The van der Waals surface area contributed by atoms with E-state index in [9.17, 15) is 9.59 Å². The van der Waals surface area contributed by atoms with Crippen LogP contribution in [0, 0.1) is 0 Å². The number of allylic oxidation sites excluding steroid dienone is 1. The molecule has 29 heavy (non-hydrogen) atoms. The molecule has 0 saturated carbocycles. The van der Waals surface area contributed by atoms with Gasteiger partial charge in [-0.3, -0.25) is 18.6 Å². The summed E-state index contributed by atoms with van der Waals surface area (Å²) in [5.41, 5.74) is 1.62. The van der Waals surface area contributed by atoms with Gasteiger partial charge in [-0.15, -0.1) is 6.58 Å². The van der Waals surface area contributed by atoms with Crippen LogP contribution in [0.1, 0.15) is 36.7 Å². The Morgan fingerprint density at radius 3 is 2.86 bits per heavy atom. The molecule has 0 radical (unpaired) electrons. The number of nitrogens with zero attached hydrogens (tertiary/aromatic N) is 4. The van der Waals surface area contributed by atoms with Crippen LogP contribution in [0.5, 0.6) is 0 Å². The van der Waals surface area contributed by atoms with Gasteiger partial charge in [-0.1, -0.05) is 42.8 Å². The van der Waals surface area contributed by atoms with Gasteiger partial charge < -0.3 is 4.90 Å². The van der Waals surface area contributed by atoms with Gasteiger partial charge in [0.25, 0.3) is 11.5 Å². The second kappa shape index (κ2) is 7.87. The van der Waals surface area contributed by atoms with E-state index in [4.69, 9.17) is 11.6 Å². The molecule has 150 valence electrons. The van der Waals surface area contributed by atoms with Crippen LogP contribution < -0.4 is 5.56 Å². The summed E-state index contributed by atoms with van der Waals surface area (Å²) in [5, 5.41) is 0.545. The van der Waals surface area contributed by atoms with Crippen molar-refractivity contribution in [1.82, 2.24) is 18.9 Å². The molecule has 4 rings (SSSR count). The largest absolute Gasteiger partial charge is 0.334 e. The number of carbonyl (C=O) groups excluding carboxylic acids is 1. The molecule has 3 aromatic rings. The number of likely N-dealkylation sites (tertiary alicyclic amines) is 1. The first kappa shape index (κ1) is 19.5. The summed E-state index contributed by atoms with van der Waals surface area (Å²) in [5.74, 6) is -0.119. The molecule has 1 aromatic carbocycles. The molecule has 2 aromatic heterocycles. The lowest BCUT2D eigenvalue weighted by molar-refractivity contribution is 0.0728. The van der Waals surface area contributed by atoms with Gasteiger partial charge in [0.05, 0.1) is 5.69 Å². The fraction of sp³-hybridized carbons (Fsp3) is 0.318. The van der Waals surface area contributed by atoms with Gasteiger partial charge in [0.15, 0.2) is 0 Å². The minimum Gasteiger partial charge on any atom is -0.334 e. The minimum absolute atomic E-state index is 0.119. The SMILES string of the molecule is C=CCn1c(-c2ccccc2Cl)cn2cc(C(=O)N3CCC[C@H]3CC)nc2c1=O.